The summed E-state index contributed by atoms with van der Waals surface area (Å²) in [7, 11) is 3.63. The second-order valence-electron chi connectivity index (χ2n) is 4.87. The topological polar surface area (TPSA) is 65.1 Å². The van der Waals surface area contributed by atoms with Crippen molar-refractivity contribution >= 4 is 11.6 Å². The molecule has 1 aromatic heterocycles. The highest BCUT2D eigenvalue weighted by molar-refractivity contribution is 6.31. The molecular formula is C13H25ClN4O. The van der Waals surface area contributed by atoms with Crippen molar-refractivity contribution in [1.82, 2.24) is 15.2 Å². The number of hydrogen-bond donors (Lipinski definition) is 2. The minimum absolute atomic E-state index is 0.0141. The Morgan fingerprint density at radius 1 is 1.47 bits per heavy atom. The van der Waals surface area contributed by atoms with Crippen LogP contribution in [0.4, 0.5) is 0 Å². The molecule has 0 aromatic carbocycles. The number of aromatic nitrogens is 2. The summed E-state index contributed by atoms with van der Waals surface area (Å²) < 4.78 is 7.55. The van der Waals surface area contributed by atoms with Crippen molar-refractivity contribution in [3.8, 4) is 0 Å². The zero-order valence-electron chi connectivity index (χ0n) is 12.5. The van der Waals surface area contributed by atoms with Crippen molar-refractivity contribution in [1.29, 1.82) is 0 Å². The van der Waals surface area contributed by atoms with E-state index in [1.165, 1.54) is 0 Å². The monoisotopic (exact) mass is 288 g/mol. The zero-order valence-corrected chi connectivity index (χ0v) is 13.2. The Kier molecular flexibility index (Phi) is 5.80. The predicted octanol–water partition coefficient (Wildman–Crippen LogP) is 1.96. The number of nitrogens with zero attached hydrogens (tertiary/aromatic N) is 2. The van der Waals surface area contributed by atoms with Crippen LogP contribution in [0.1, 0.15) is 38.1 Å². The lowest BCUT2D eigenvalue weighted by molar-refractivity contribution is -0.0476. The minimum Gasteiger partial charge on any atom is -0.377 e. The SMILES string of the molecule is CCC(CC)(OC)C(Cc1c(Cl)c(C)nn1C)NN. The Morgan fingerprint density at radius 2 is 2.05 bits per heavy atom. The van der Waals surface area contributed by atoms with Gasteiger partial charge >= 0.3 is 0 Å². The molecule has 0 radical (unpaired) electrons. The fourth-order valence-corrected chi connectivity index (χ4v) is 2.90. The highest BCUT2D eigenvalue weighted by Gasteiger charge is 2.36. The first-order valence-electron chi connectivity index (χ1n) is 6.64. The number of nitrogens with one attached hydrogen (secondary N) is 1. The summed E-state index contributed by atoms with van der Waals surface area (Å²) >= 11 is 6.30. The second-order valence-corrected chi connectivity index (χ2v) is 5.25. The smallest absolute Gasteiger partial charge is 0.0847 e. The summed E-state index contributed by atoms with van der Waals surface area (Å²) in [6.45, 7) is 6.11. The molecule has 0 aliphatic rings. The molecule has 0 spiro atoms. The van der Waals surface area contributed by atoms with Crippen LogP contribution in [0.25, 0.3) is 0 Å². The third-order valence-electron chi connectivity index (χ3n) is 4.10. The van der Waals surface area contributed by atoms with Crippen molar-refractivity contribution in [2.24, 2.45) is 12.9 Å². The number of hydrogen-bond acceptors (Lipinski definition) is 4. The van der Waals surface area contributed by atoms with Gasteiger partial charge in [-0.1, -0.05) is 25.4 Å². The van der Waals surface area contributed by atoms with E-state index in [1.807, 2.05) is 18.7 Å². The van der Waals surface area contributed by atoms with Crippen molar-refractivity contribution in [3.05, 3.63) is 16.4 Å². The average molecular weight is 289 g/mol. The molecule has 0 aliphatic heterocycles. The molecule has 0 amide bonds. The van der Waals surface area contributed by atoms with Gasteiger partial charge in [-0.25, -0.2) is 0 Å². The highest BCUT2D eigenvalue weighted by Crippen LogP contribution is 2.29. The Morgan fingerprint density at radius 3 is 2.37 bits per heavy atom. The van der Waals surface area contributed by atoms with Crippen molar-refractivity contribution in [3.63, 3.8) is 0 Å². The highest BCUT2D eigenvalue weighted by atomic mass is 35.5. The van der Waals surface area contributed by atoms with Crippen molar-refractivity contribution < 1.29 is 4.74 Å². The molecule has 1 unspecified atom stereocenters. The van der Waals surface area contributed by atoms with Gasteiger partial charge in [0.25, 0.3) is 0 Å². The van der Waals surface area contributed by atoms with Crippen LogP contribution in [-0.4, -0.2) is 28.5 Å². The molecule has 1 rings (SSSR count). The average Bonchev–Trinajstić information content (AvgIpc) is 2.65. The van der Waals surface area contributed by atoms with E-state index in [0.717, 1.165) is 24.2 Å². The van der Waals surface area contributed by atoms with Gasteiger partial charge < -0.3 is 4.74 Å². The van der Waals surface area contributed by atoms with E-state index in [2.05, 4.69) is 24.4 Å². The molecule has 0 aliphatic carbocycles. The van der Waals surface area contributed by atoms with E-state index in [0.29, 0.717) is 11.4 Å². The fourth-order valence-electron chi connectivity index (χ4n) is 2.67. The van der Waals surface area contributed by atoms with Crippen LogP contribution in [0, 0.1) is 6.92 Å². The number of nitrogens with two attached hydrogens (primary N) is 1. The van der Waals surface area contributed by atoms with Gasteiger partial charge in [0.05, 0.1) is 28.1 Å². The van der Waals surface area contributed by atoms with Gasteiger partial charge in [-0.3, -0.25) is 16.0 Å². The number of hydrazine groups is 1. The number of ether oxygens (including phenoxy) is 1. The molecular weight excluding hydrogens is 264 g/mol. The molecule has 0 saturated heterocycles. The van der Waals surface area contributed by atoms with Crippen LogP contribution >= 0.6 is 11.6 Å². The quantitative estimate of drug-likeness (QED) is 0.595. The molecule has 1 atom stereocenters. The summed E-state index contributed by atoms with van der Waals surface area (Å²) in [6, 6.07) is -0.0141. The lowest BCUT2D eigenvalue weighted by Gasteiger charge is -2.38. The molecule has 19 heavy (non-hydrogen) atoms. The van der Waals surface area contributed by atoms with Crippen LogP contribution in [0.2, 0.25) is 5.02 Å². The van der Waals surface area contributed by atoms with Gasteiger partial charge in [0, 0.05) is 20.6 Å². The summed E-state index contributed by atoms with van der Waals surface area (Å²) in [4.78, 5) is 0. The molecule has 1 heterocycles. The Balaban J connectivity index is 3.05. The summed E-state index contributed by atoms with van der Waals surface area (Å²) in [5, 5.41) is 5.04. The maximum Gasteiger partial charge on any atom is 0.0847 e. The first kappa shape index (κ1) is 16.4. The lowest BCUT2D eigenvalue weighted by atomic mass is 9.85. The first-order valence-corrected chi connectivity index (χ1v) is 7.02. The zero-order chi connectivity index (χ0) is 14.6. The summed E-state index contributed by atoms with van der Waals surface area (Å²) in [6.07, 6.45) is 2.44. The molecule has 6 heteroatoms. The normalized spacial score (nSPS) is 13.8. The minimum atomic E-state index is -0.295. The largest absolute Gasteiger partial charge is 0.377 e. The third-order valence-corrected chi connectivity index (χ3v) is 4.59. The number of methoxy groups -OCH3 is 1. The van der Waals surface area contributed by atoms with E-state index in [1.54, 1.807) is 7.11 Å². The number of halogens is 1. The second kappa shape index (κ2) is 6.70. The van der Waals surface area contributed by atoms with E-state index < -0.39 is 0 Å². The van der Waals surface area contributed by atoms with E-state index in [9.17, 15) is 0 Å². The van der Waals surface area contributed by atoms with Gasteiger partial charge in [-0.15, -0.1) is 0 Å². The van der Waals surface area contributed by atoms with Crippen molar-refractivity contribution in [2.45, 2.75) is 51.7 Å². The Labute approximate surface area is 120 Å². The Hall–Kier alpha value is -0.620. The van der Waals surface area contributed by atoms with Crippen LogP contribution in [0.5, 0.6) is 0 Å². The standard InChI is InChI=1S/C13H25ClN4O/c1-6-13(7-2,19-5)11(16-15)8-10-12(14)9(3)17-18(10)4/h11,16H,6-8,15H2,1-5H3. The number of rotatable bonds is 7. The van der Waals surface area contributed by atoms with Crippen molar-refractivity contribution in [2.75, 3.05) is 7.11 Å². The molecule has 0 saturated carbocycles. The van der Waals surface area contributed by atoms with Crippen LogP contribution in [-0.2, 0) is 18.2 Å². The van der Waals surface area contributed by atoms with Gasteiger partial charge in [0.2, 0.25) is 0 Å². The van der Waals surface area contributed by atoms with Gasteiger partial charge in [-0.2, -0.15) is 5.10 Å². The Bertz CT molecular complexity index is 407. The van der Waals surface area contributed by atoms with Gasteiger partial charge in [-0.05, 0) is 19.8 Å². The molecule has 0 fully saturated rings. The predicted molar refractivity (Wildman–Crippen MR) is 78.1 cm³/mol. The first-order chi connectivity index (χ1) is 8.95. The lowest BCUT2D eigenvalue weighted by Crippen LogP contribution is -2.55. The molecule has 1 aromatic rings. The maximum atomic E-state index is 6.30. The summed E-state index contributed by atoms with van der Waals surface area (Å²) in [5.74, 6) is 5.74. The fraction of sp³-hybridized carbons (Fsp3) is 0.769. The van der Waals surface area contributed by atoms with Crippen LogP contribution in [0.15, 0.2) is 0 Å². The third kappa shape index (κ3) is 3.11. The van der Waals surface area contributed by atoms with Gasteiger partial charge in [0.15, 0.2) is 0 Å². The molecule has 0 bridgehead atoms. The van der Waals surface area contributed by atoms with E-state index in [4.69, 9.17) is 22.2 Å². The van der Waals surface area contributed by atoms with Crippen LogP contribution in [0.3, 0.4) is 0 Å². The summed E-state index contributed by atoms with van der Waals surface area (Å²) in [5.41, 5.74) is 4.40. The van der Waals surface area contributed by atoms with Gasteiger partial charge in [0.1, 0.15) is 0 Å². The molecule has 110 valence electrons. The van der Waals surface area contributed by atoms with E-state index in [-0.39, 0.29) is 11.6 Å². The maximum absolute atomic E-state index is 6.30. The van der Waals surface area contributed by atoms with E-state index >= 15 is 0 Å². The van der Waals surface area contributed by atoms with Crippen LogP contribution < -0.4 is 11.3 Å². The molecule has 3 N–H and O–H groups in total. The number of aryl methyl sites for hydroxylation is 2. The molecule has 5 nitrogen and oxygen atoms in total.